The molecule has 0 aliphatic carbocycles. The summed E-state index contributed by atoms with van der Waals surface area (Å²) in [6, 6.07) is 0. The molecule has 1 radical (unpaired) electrons. The van der Waals surface area contributed by atoms with Gasteiger partial charge in [-0.1, -0.05) is 0 Å². The van der Waals surface area contributed by atoms with Gasteiger partial charge in [-0.25, -0.2) is 0 Å². The predicted molar refractivity (Wildman–Crippen MR) is 23.9 cm³/mol. The molecule has 12 heavy (non-hydrogen) atoms. The molecule has 12 heteroatoms. The first-order chi connectivity index (χ1) is 2.00. The van der Waals surface area contributed by atoms with E-state index in [9.17, 15) is 0 Å². The van der Waals surface area contributed by atoms with Gasteiger partial charge in [0, 0.05) is 38.6 Å². The van der Waals surface area contributed by atoms with E-state index in [1.807, 2.05) is 0 Å². The fourth-order valence-electron chi connectivity index (χ4n) is 0. The van der Waals surface area contributed by atoms with Crippen molar-refractivity contribution in [1.82, 2.24) is 0 Å². The van der Waals surface area contributed by atoms with Gasteiger partial charge in [-0.3, -0.25) is 0 Å². The van der Waals surface area contributed by atoms with E-state index in [2.05, 4.69) is 0 Å². The molecule has 0 heterocycles. The number of halogens is 1. The summed E-state index contributed by atoms with van der Waals surface area (Å²) in [7, 11) is -4.69. The molecular weight excluding hydrogens is 354 g/mol. The van der Waals surface area contributed by atoms with Crippen molar-refractivity contribution in [2.45, 2.75) is 0 Å². The third-order valence-electron chi connectivity index (χ3n) is 0. The normalized spacial score (nSPS) is 5.00. The summed E-state index contributed by atoms with van der Waals surface area (Å²) >= 11 is 0. The molecule has 0 saturated heterocycles. The van der Waals surface area contributed by atoms with Crippen LogP contribution in [0.3, 0.4) is 0 Å². The molecule has 0 rings (SSSR count). The molecule has 0 atom stereocenters. The van der Waals surface area contributed by atoms with E-state index >= 15 is 0 Å². The average Bonchev–Trinajstić information content (AvgIpc) is 0.722. The molecule has 89 valence electrons. The second kappa shape index (κ2) is 29.5. The van der Waals surface area contributed by atoms with Crippen molar-refractivity contribution in [3.63, 3.8) is 0 Å². The molecule has 0 aliphatic rings. The SMILES string of the molecule is O.O.O.O.O.O.[O-][Cl+3]([O-])([O-])O.[Tb]. The van der Waals surface area contributed by atoms with Crippen LogP contribution in [0.15, 0.2) is 0 Å². The zero-order valence-corrected chi connectivity index (χ0v) is 8.28. The Morgan fingerprint density at radius 2 is 0.667 bits per heavy atom. The molecule has 0 spiro atoms. The first kappa shape index (κ1) is 72.9. The second-order valence-corrected chi connectivity index (χ2v) is 1.19. The van der Waals surface area contributed by atoms with E-state index in [1.54, 1.807) is 0 Å². The number of hydrogen-bond donors (Lipinski definition) is 1. The van der Waals surface area contributed by atoms with Crippen LogP contribution in [0.1, 0.15) is 0 Å². The molecule has 10 nitrogen and oxygen atoms in total. The van der Waals surface area contributed by atoms with Crippen molar-refractivity contribution >= 4 is 0 Å². The largest absolute Gasteiger partial charge is 0.412 e. The second-order valence-electron chi connectivity index (χ2n) is 0.396. The van der Waals surface area contributed by atoms with E-state index in [-0.39, 0.29) is 71.5 Å². The number of rotatable bonds is 0. The fraction of sp³-hybridized carbons (Fsp3) is 0. The van der Waals surface area contributed by atoms with Crippen LogP contribution in [0.2, 0.25) is 0 Å². The minimum atomic E-state index is -4.69. The number of hydrogen-bond acceptors (Lipinski definition) is 4. The average molecular weight is 367 g/mol. The van der Waals surface area contributed by atoms with Gasteiger partial charge in [0.2, 0.25) is 0 Å². The van der Waals surface area contributed by atoms with Crippen LogP contribution in [0.25, 0.3) is 0 Å². The van der Waals surface area contributed by atoms with Crippen LogP contribution in [0, 0.1) is 48.9 Å². The van der Waals surface area contributed by atoms with Gasteiger partial charge in [-0.2, -0.15) is 14.0 Å². The summed E-state index contributed by atoms with van der Waals surface area (Å²) in [5.74, 6) is 0. The summed E-state index contributed by atoms with van der Waals surface area (Å²) in [4.78, 5) is 0. The maximum Gasteiger partial charge on any atom is 0.0777 e. The Balaban J connectivity index is -0.00000000381. The maximum atomic E-state index is 8.60. The van der Waals surface area contributed by atoms with Crippen molar-refractivity contribution in [1.29, 1.82) is 0 Å². The van der Waals surface area contributed by atoms with Gasteiger partial charge in [0.25, 0.3) is 0 Å². The van der Waals surface area contributed by atoms with Crippen molar-refractivity contribution in [3.05, 3.63) is 0 Å². The van der Waals surface area contributed by atoms with Crippen LogP contribution < -0.4 is 14.0 Å². The molecular formula is H13ClO10Tb. The van der Waals surface area contributed by atoms with Gasteiger partial charge in [-0.05, 0) is 0 Å². The third kappa shape index (κ3) is 837. The van der Waals surface area contributed by atoms with E-state index in [1.165, 1.54) is 0 Å². The van der Waals surface area contributed by atoms with E-state index in [0.29, 0.717) is 0 Å². The first-order valence-electron chi connectivity index (χ1n) is 0.632. The minimum absolute atomic E-state index is 0. The smallest absolute Gasteiger partial charge is 0.0777 e. The van der Waals surface area contributed by atoms with Gasteiger partial charge in [0.1, 0.15) is 0 Å². The van der Waals surface area contributed by atoms with Gasteiger partial charge < -0.3 is 32.9 Å². The van der Waals surface area contributed by atoms with Gasteiger partial charge in [-0.15, -0.1) is 0 Å². The van der Waals surface area contributed by atoms with E-state index < -0.39 is 10.2 Å². The Kier molecular flexibility index (Phi) is 179. The van der Waals surface area contributed by atoms with E-state index in [4.69, 9.17) is 18.6 Å². The Morgan fingerprint density at radius 1 is 0.667 bits per heavy atom. The molecule has 0 unspecified atom stereocenters. The summed E-state index contributed by atoms with van der Waals surface area (Å²) in [6.07, 6.45) is 0. The molecule has 13 N–H and O–H groups in total. The van der Waals surface area contributed by atoms with Crippen molar-refractivity contribution < 1.29 is 100 Å². The summed E-state index contributed by atoms with van der Waals surface area (Å²) in [5.41, 5.74) is 0. The predicted octanol–water partition coefficient (Wildman–Crippen LogP) is -9.07. The van der Waals surface area contributed by atoms with Crippen LogP contribution in [0.5, 0.6) is 0 Å². The standard InChI is InChI=1S/ClHO4.6H2O.Tb/c2-1(3,4)5;;;;;;;/h(H,2,3,4,5);6*1H2;. The Bertz CT molecular complexity index is 25.3. The Hall–Kier alpha value is 1.18. The van der Waals surface area contributed by atoms with Crippen LogP contribution in [-0.4, -0.2) is 37.5 Å². The van der Waals surface area contributed by atoms with Gasteiger partial charge in [0.15, 0.2) is 0 Å². The summed E-state index contributed by atoms with van der Waals surface area (Å²) in [6.45, 7) is 0. The molecule has 0 aromatic rings. The zero-order valence-electron chi connectivity index (χ0n) is 5.38. The summed E-state index contributed by atoms with van der Waals surface area (Å²) < 4.78 is 32.7. The maximum absolute atomic E-state index is 8.60. The molecule has 0 aromatic carbocycles. The molecule has 0 fully saturated rings. The molecule has 0 saturated carbocycles. The fourth-order valence-corrected chi connectivity index (χ4v) is 0. The third-order valence-corrected chi connectivity index (χ3v) is 0. The van der Waals surface area contributed by atoms with Crippen LogP contribution in [0.4, 0.5) is 0 Å². The van der Waals surface area contributed by atoms with Gasteiger partial charge in [0.05, 0.1) is 14.9 Å². The summed E-state index contributed by atoms with van der Waals surface area (Å²) in [5, 5.41) is 0. The van der Waals surface area contributed by atoms with Crippen molar-refractivity contribution in [2.24, 2.45) is 0 Å². The van der Waals surface area contributed by atoms with Crippen LogP contribution >= 0.6 is 0 Å². The first-order valence-corrected chi connectivity index (χ1v) is 1.90. The quantitative estimate of drug-likeness (QED) is 0.436. The topological polar surface area (TPSA) is 278 Å². The van der Waals surface area contributed by atoms with Crippen molar-refractivity contribution in [3.8, 4) is 0 Å². The minimum Gasteiger partial charge on any atom is -0.412 e. The van der Waals surface area contributed by atoms with E-state index in [0.717, 1.165) is 0 Å². The monoisotopic (exact) mass is 367 g/mol. The van der Waals surface area contributed by atoms with Gasteiger partial charge >= 0.3 is 0 Å². The Morgan fingerprint density at radius 3 is 0.667 bits per heavy atom. The zero-order chi connectivity index (χ0) is 4.50. The molecule has 0 amide bonds. The van der Waals surface area contributed by atoms with Crippen molar-refractivity contribution in [2.75, 3.05) is 0 Å². The molecule has 0 aliphatic heterocycles. The Labute approximate surface area is 99.8 Å². The van der Waals surface area contributed by atoms with Crippen LogP contribution in [-0.2, 0) is 0 Å². The molecule has 0 bridgehead atoms. The molecule has 0 aromatic heterocycles.